The van der Waals surface area contributed by atoms with Gasteiger partial charge in [-0.15, -0.1) is 0 Å². The summed E-state index contributed by atoms with van der Waals surface area (Å²) in [7, 11) is -9.89. The maximum Gasteiger partial charge on any atom is 0.472 e. The summed E-state index contributed by atoms with van der Waals surface area (Å²) in [5.41, 5.74) is 0. The van der Waals surface area contributed by atoms with E-state index in [9.17, 15) is 43.2 Å². The van der Waals surface area contributed by atoms with Gasteiger partial charge < -0.3 is 33.8 Å². The Morgan fingerprint density at radius 2 is 0.573 bits per heavy atom. The first-order valence-corrected chi connectivity index (χ1v) is 39.4. The Balaban J connectivity index is 5.18. The van der Waals surface area contributed by atoms with E-state index >= 15 is 0 Å². The minimum atomic E-state index is -4.95. The minimum absolute atomic E-state index is 0.102. The summed E-state index contributed by atoms with van der Waals surface area (Å²) in [5.74, 6) is 0.155. The van der Waals surface area contributed by atoms with E-state index in [1.54, 1.807) is 0 Å². The molecule has 17 nitrogen and oxygen atoms in total. The van der Waals surface area contributed by atoms with Gasteiger partial charge in [0, 0.05) is 25.7 Å². The standard InChI is InChI=1S/C70H136O17P2/c1-8-10-11-12-27-37-44-51-67(72)80-57-66(87-70(75)54-47-40-33-32-36-43-50-63(7)9-2)60-85-89(78,79)83-56-64(71)55-82-88(76,77)84-59-65(58-81-68(73)52-45-38-30-25-22-21-24-29-35-42-49-62(5)6)86-69(74)53-46-39-31-26-20-18-16-14-13-15-17-19-23-28-34-41-48-61(3)4/h61-66,71H,8-60H2,1-7H3,(H,76,77)(H,78,79)/t63?,64-,65-,66-/m1/s1. The summed E-state index contributed by atoms with van der Waals surface area (Å²) in [5, 5.41) is 10.6. The molecule has 89 heavy (non-hydrogen) atoms. The van der Waals surface area contributed by atoms with Crippen LogP contribution >= 0.6 is 15.6 Å². The van der Waals surface area contributed by atoms with E-state index in [0.717, 1.165) is 120 Å². The molecule has 0 rings (SSSR count). The fourth-order valence-corrected chi connectivity index (χ4v) is 12.1. The van der Waals surface area contributed by atoms with Crippen LogP contribution in [-0.4, -0.2) is 96.7 Å². The van der Waals surface area contributed by atoms with Crippen molar-refractivity contribution >= 4 is 39.5 Å². The Morgan fingerprint density at radius 3 is 0.854 bits per heavy atom. The molecule has 3 unspecified atom stereocenters. The Labute approximate surface area is 543 Å². The SMILES string of the molecule is CCCCCCCCCC(=O)OC[C@H](COP(=O)(O)OC[C@H](O)COP(=O)(O)OC[C@@H](COC(=O)CCCCCCCCCCCCC(C)C)OC(=O)CCCCCCCCCCCCCCCCCCC(C)C)OC(=O)CCCCCCCCC(C)CC. The molecule has 3 N–H and O–H groups in total. The highest BCUT2D eigenvalue weighted by Gasteiger charge is 2.30. The van der Waals surface area contributed by atoms with Crippen molar-refractivity contribution in [1.82, 2.24) is 0 Å². The summed E-state index contributed by atoms with van der Waals surface area (Å²) in [6.45, 7) is 11.8. The van der Waals surface area contributed by atoms with Crippen molar-refractivity contribution in [3.63, 3.8) is 0 Å². The average Bonchev–Trinajstić information content (AvgIpc) is 3.71. The fraction of sp³-hybridized carbons (Fsp3) is 0.943. The zero-order valence-corrected chi connectivity index (χ0v) is 59.7. The number of carbonyl (C=O) groups is 4. The predicted molar refractivity (Wildman–Crippen MR) is 358 cm³/mol. The molecule has 0 heterocycles. The number of ether oxygens (including phenoxy) is 4. The van der Waals surface area contributed by atoms with Gasteiger partial charge in [-0.3, -0.25) is 37.3 Å². The number of carbonyl (C=O) groups excluding carboxylic acids is 4. The monoisotopic (exact) mass is 1310 g/mol. The van der Waals surface area contributed by atoms with Crippen molar-refractivity contribution in [3.05, 3.63) is 0 Å². The molecule has 0 fully saturated rings. The molecule has 528 valence electrons. The maximum absolute atomic E-state index is 13.0. The first kappa shape index (κ1) is 87.1. The van der Waals surface area contributed by atoms with E-state index in [-0.39, 0.29) is 25.7 Å². The number of hydrogen-bond acceptors (Lipinski definition) is 15. The number of esters is 4. The second-order valence-electron chi connectivity index (χ2n) is 26.5. The normalized spacial score (nSPS) is 14.5. The molecule has 0 saturated carbocycles. The van der Waals surface area contributed by atoms with Crippen molar-refractivity contribution < 1.29 is 80.2 Å². The summed E-state index contributed by atoms with van der Waals surface area (Å²) in [4.78, 5) is 72.4. The number of phosphoric ester groups is 2. The third kappa shape index (κ3) is 63.2. The lowest BCUT2D eigenvalue weighted by molar-refractivity contribution is -0.161. The molecule has 0 saturated heterocycles. The predicted octanol–water partition coefficient (Wildman–Crippen LogP) is 19.8. The van der Waals surface area contributed by atoms with Crippen LogP contribution < -0.4 is 0 Å². The first-order valence-electron chi connectivity index (χ1n) is 36.4. The van der Waals surface area contributed by atoms with Crippen LogP contribution in [0.2, 0.25) is 0 Å². The molecular weight excluding hydrogens is 1170 g/mol. The first-order chi connectivity index (χ1) is 42.8. The van der Waals surface area contributed by atoms with E-state index in [1.165, 1.54) is 148 Å². The quantitative estimate of drug-likeness (QED) is 0.0222. The fourth-order valence-electron chi connectivity index (χ4n) is 10.5. The number of aliphatic hydroxyl groups excluding tert-OH is 1. The van der Waals surface area contributed by atoms with Crippen LogP contribution in [-0.2, 0) is 65.4 Å². The Hall–Kier alpha value is -1.94. The van der Waals surface area contributed by atoms with Crippen LogP contribution in [0.3, 0.4) is 0 Å². The molecule has 0 aromatic heterocycles. The topological polar surface area (TPSA) is 237 Å². The van der Waals surface area contributed by atoms with Gasteiger partial charge in [0.25, 0.3) is 0 Å². The molecule has 0 radical (unpaired) electrons. The lowest BCUT2D eigenvalue weighted by Gasteiger charge is -2.21. The summed E-state index contributed by atoms with van der Waals surface area (Å²) >= 11 is 0. The number of phosphoric acid groups is 2. The lowest BCUT2D eigenvalue weighted by Crippen LogP contribution is -2.30. The summed E-state index contributed by atoms with van der Waals surface area (Å²) in [6, 6.07) is 0. The zero-order valence-electron chi connectivity index (χ0n) is 57.9. The highest BCUT2D eigenvalue weighted by Crippen LogP contribution is 2.45. The highest BCUT2D eigenvalue weighted by molar-refractivity contribution is 7.47. The van der Waals surface area contributed by atoms with Gasteiger partial charge in [0.1, 0.15) is 19.3 Å². The van der Waals surface area contributed by atoms with Crippen molar-refractivity contribution in [3.8, 4) is 0 Å². The molecule has 6 atom stereocenters. The van der Waals surface area contributed by atoms with Gasteiger partial charge in [0.05, 0.1) is 26.4 Å². The second-order valence-corrected chi connectivity index (χ2v) is 29.4. The smallest absolute Gasteiger partial charge is 0.462 e. The highest BCUT2D eigenvalue weighted by atomic mass is 31.2. The second kappa shape index (κ2) is 61.0. The number of hydrogen-bond donors (Lipinski definition) is 3. The largest absolute Gasteiger partial charge is 0.472 e. The molecular formula is C70H136O17P2. The molecule has 0 aromatic carbocycles. The van der Waals surface area contributed by atoms with Gasteiger partial charge in [-0.2, -0.15) is 0 Å². The van der Waals surface area contributed by atoms with Gasteiger partial charge in [-0.25, -0.2) is 9.13 Å². The van der Waals surface area contributed by atoms with Crippen molar-refractivity contribution in [2.45, 2.75) is 369 Å². The van der Waals surface area contributed by atoms with Crippen LogP contribution in [0.5, 0.6) is 0 Å². The molecule has 0 aliphatic heterocycles. The lowest BCUT2D eigenvalue weighted by atomic mass is 10.00. The molecule has 0 spiro atoms. The van der Waals surface area contributed by atoms with Gasteiger partial charge in [0.15, 0.2) is 12.2 Å². The van der Waals surface area contributed by atoms with Gasteiger partial charge >= 0.3 is 39.5 Å². The molecule has 0 aliphatic rings. The van der Waals surface area contributed by atoms with E-state index in [1.807, 2.05) is 0 Å². The van der Waals surface area contributed by atoms with Crippen LogP contribution in [0, 0.1) is 17.8 Å². The van der Waals surface area contributed by atoms with Crippen molar-refractivity contribution in [1.29, 1.82) is 0 Å². The maximum atomic E-state index is 13.0. The van der Waals surface area contributed by atoms with Crippen LogP contribution in [0.15, 0.2) is 0 Å². The van der Waals surface area contributed by atoms with Crippen LogP contribution in [0.25, 0.3) is 0 Å². The van der Waals surface area contributed by atoms with Crippen LogP contribution in [0.1, 0.15) is 350 Å². The Kier molecular flexibility index (Phi) is 59.6. The third-order valence-corrected chi connectivity index (χ3v) is 18.4. The molecule has 19 heteroatoms. The molecule has 0 aliphatic carbocycles. The van der Waals surface area contributed by atoms with Crippen molar-refractivity contribution in [2.75, 3.05) is 39.6 Å². The number of unbranched alkanes of at least 4 members (excludes halogenated alkanes) is 35. The molecule has 0 amide bonds. The molecule has 0 aromatic rings. The van der Waals surface area contributed by atoms with Crippen LogP contribution in [0.4, 0.5) is 0 Å². The minimum Gasteiger partial charge on any atom is -0.462 e. The van der Waals surface area contributed by atoms with E-state index in [4.69, 9.17) is 37.0 Å². The summed E-state index contributed by atoms with van der Waals surface area (Å²) < 4.78 is 68.1. The summed E-state index contributed by atoms with van der Waals surface area (Å²) in [6.07, 6.45) is 44.7. The number of rotatable bonds is 68. The van der Waals surface area contributed by atoms with Crippen molar-refractivity contribution in [2.24, 2.45) is 17.8 Å². The van der Waals surface area contributed by atoms with E-state index < -0.39 is 97.5 Å². The van der Waals surface area contributed by atoms with Gasteiger partial charge in [0.2, 0.25) is 0 Å². The third-order valence-electron chi connectivity index (χ3n) is 16.5. The van der Waals surface area contributed by atoms with Gasteiger partial charge in [-0.1, -0.05) is 299 Å². The van der Waals surface area contributed by atoms with E-state index in [0.29, 0.717) is 25.7 Å². The Bertz CT molecular complexity index is 1750. The van der Waals surface area contributed by atoms with E-state index in [2.05, 4.69) is 48.5 Å². The number of aliphatic hydroxyl groups is 1. The molecule has 0 bridgehead atoms. The average molecular weight is 1310 g/mol. The van der Waals surface area contributed by atoms with Gasteiger partial charge in [-0.05, 0) is 43.4 Å². The Morgan fingerprint density at radius 1 is 0.326 bits per heavy atom. The zero-order chi connectivity index (χ0) is 65.9.